The standard InChI is InChI=1S/C22H31N3O4/c1-2-25(14-16-3-6-19-20(13-16)29-12-11-28-19)21(26)15-24-9-7-18(8-10-24)23-22(27)17-4-5-17/h3,6,13,17-18H,2,4-5,7-12,14-15H2,1H3,(H,23,27). The first-order valence-electron chi connectivity index (χ1n) is 10.8. The summed E-state index contributed by atoms with van der Waals surface area (Å²) in [5.41, 5.74) is 1.05. The molecule has 1 aromatic rings. The average Bonchev–Trinajstić information content (AvgIpc) is 3.59. The summed E-state index contributed by atoms with van der Waals surface area (Å²) in [6, 6.07) is 6.15. The van der Waals surface area contributed by atoms with E-state index in [1.165, 1.54) is 0 Å². The minimum atomic E-state index is 0.142. The van der Waals surface area contributed by atoms with Gasteiger partial charge in [-0.05, 0) is 50.3 Å². The largest absolute Gasteiger partial charge is 0.486 e. The summed E-state index contributed by atoms with van der Waals surface area (Å²) in [6.45, 7) is 6.51. The van der Waals surface area contributed by atoms with E-state index in [0.29, 0.717) is 32.8 Å². The van der Waals surface area contributed by atoms with Gasteiger partial charge in [-0.25, -0.2) is 0 Å². The van der Waals surface area contributed by atoms with E-state index in [1.54, 1.807) is 0 Å². The molecular formula is C22H31N3O4. The summed E-state index contributed by atoms with van der Waals surface area (Å²) in [5, 5.41) is 3.16. The molecule has 3 aliphatic rings. The van der Waals surface area contributed by atoms with Crippen LogP contribution in [0.15, 0.2) is 18.2 Å². The second-order valence-corrected chi connectivity index (χ2v) is 8.22. The lowest BCUT2D eigenvalue weighted by Gasteiger charge is -2.33. The second kappa shape index (κ2) is 9.03. The van der Waals surface area contributed by atoms with Crippen molar-refractivity contribution >= 4 is 11.8 Å². The van der Waals surface area contributed by atoms with Crippen LogP contribution >= 0.6 is 0 Å². The molecule has 7 heteroatoms. The quantitative estimate of drug-likeness (QED) is 0.754. The molecule has 0 atom stereocenters. The van der Waals surface area contributed by atoms with Crippen LogP contribution in [-0.4, -0.2) is 67.0 Å². The highest BCUT2D eigenvalue weighted by Crippen LogP contribution is 2.31. The van der Waals surface area contributed by atoms with Crippen LogP contribution < -0.4 is 14.8 Å². The molecule has 1 saturated heterocycles. The van der Waals surface area contributed by atoms with Crippen molar-refractivity contribution < 1.29 is 19.1 Å². The molecule has 1 aromatic carbocycles. The zero-order chi connectivity index (χ0) is 20.2. The van der Waals surface area contributed by atoms with Gasteiger partial charge in [0.05, 0.1) is 6.54 Å². The lowest BCUT2D eigenvalue weighted by atomic mass is 10.0. The van der Waals surface area contributed by atoms with E-state index in [-0.39, 0.29) is 23.8 Å². The number of carbonyl (C=O) groups excluding carboxylic acids is 2. The van der Waals surface area contributed by atoms with Gasteiger partial charge < -0.3 is 19.7 Å². The molecule has 0 spiro atoms. The Bertz CT molecular complexity index is 742. The van der Waals surface area contributed by atoms with Gasteiger partial charge in [-0.15, -0.1) is 0 Å². The maximum absolute atomic E-state index is 12.9. The third kappa shape index (κ3) is 5.21. The van der Waals surface area contributed by atoms with Gasteiger partial charge in [0.15, 0.2) is 11.5 Å². The fourth-order valence-electron chi connectivity index (χ4n) is 3.97. The van der Waals surface area contributed by atoms with Gasteiger partial charge in [0.25, 0.3) is 0 Å². The normalized spacial score (nSPS) is 19.6. The Morgan fingerprint density at radius 1 is 1.10 bits per heavy atom. The monoisotopic (exact) mass is 401 g/mol. The molecule has 0 bridgehead atoms. The van der Waals surface area contributed by atoms with Crippen LogP contribution in [0.5, 0.6) is 11.5 Å². The van der Waals surface area contributed by atoms with E-state index in [4.69, 9.17) is 9.47 Å². The first kappa shape index (κ1) is 20.0. The number of rotatable bonds is 7. The van der Waals surface area contributed by atoms with Gasteiger partial charge in [-0.3, -0.25) is 14.5 Å². The summed E-state index contributed by atoms with van der Waals surface area (Å²) in [4.78, 5) is 28.9. The molecule has 0 aromatic heterocycles. The Hall–Kier alpha value is -2.28. The highest BCUT2D eigenvalue weighted by molar-refractivity contribution is 5.81. The topological polar surface area (TPSA) is 71.1 Å². The maximum atomic E-state index is 12.9. The van der Waals surface area contributed by atoms with Crippen LogP contribution in [0.1, 0.15) is 38.2 Å². The molecule has 2 heterocycles. The molecule has 1 saturated carbocycles. The first-order valence-corrected chi connectivity index (χ1v) is 10.8. The Labute approximate surface area is 172 Å². The highest BCUT2D eigenvalue weighted by Gasteiger charge is 2.32. The van der Waals surface area contributed by atoms with Crippen molar-refractivity contribution in [2.24, 2.45) is 5.92 Å². The molecule has 0 unspecified atom stereocenters. The van der Waals surface area contributed by atoms with E-state index >= 15 is 0 Å². The van der Waals surface area contributed by atoms with Crippen LogP contribution in [0.2, 0.25) is 0 Å². The number of amides is 2. The van der Waals surface area contributed by atoms with Crippen LogP contribution in [0, 0.1) is 5.92 Å². The Kier molecular flexibility index (Phi) is 6.23. The smallest absolute Gasteiger partial charge is 0.237 e. The first-order chi connectivity index (χ1) is 14.1. The van der Waals surface area contributed by atoms with Crippen molar-refractivity contribution in [1.82, 2.24) is 15.1 Å². The Balaban J connectivity index is 1.25. The van der Waals surface area contributed by atoms with Crippen molar-refractivity contribution in [2.45, 2.75) is 45.2 Å². The number of likely N-dealkylation sites (N-methyl/N-ethyl adjacent to an activating group) is 1. The number of benzene rings is 1. The minimum absolute atomic E-state index is 0.142. The predicted octanol–water partition coefficient (Wildman–Crippen LogP) is 1.80. The van der Waals surface area contributed by atoms with Gasteiger partial charge in [0.2, 0.25) is 11.8 Å². The molecule has 0 radical (unpaired) electrons. The Morgan fingerprint density at radius 3 is 2.52 bits per heavy atom. The number of nitrogens with zero attached hydrogens (tertiary/aromatic N) is 2. The minimum Gasteiger partial charge on any atom is -0.486 e. The molecular weight excluding hydrogens is 370 g/mol. The third-order valence-corrected chi connectivity index (χ3v) is 5.96. The number of hydrogen-bond acceptors (Lipinski definition) is 5. The fourth-order valence-corrected chi connectivity index (χ4v) is 3.97. The maximum Gasteiger partial charge on any atom is 0.237 e. The lowest BCUT2D eigenvalue weighted by Crippen LogP contribution is -2.48. The van der Waals surface area contributed by atoms with Crippen molar-refractivity contribution in [3.63, 3.8) is 0 Å². The second-order valence-electron chi connectivity index (χ2n) is 8.22. The molecule has 29 heavy (non-hydrogen) atoms. The molecule has 4 rings (SSSR count). The highest BCUT2D eigenvalue weighted by atomic mass is 16.6. The molecule has 7 nitrogen and oxygen atoms in total. The number of hydrogen-bond donors (Lipinski definition) is 1. The summed E-state index contributed by atoms with van der Waals surface area (Å²) in [5.74, 6) is 2.14. The van der Waals surface area contributed by atoms with Gasteiger partial charge in [-0.2, -0.15) is 0 Å². The van der Waals surface area contributed by atoms with E-state index in [1.807, 2.05) is 30.0 Å². The summed E-state index contributed by atoms with van der Waals surface area (Å²) >= 11 is 0. The zero-order valence-corrected chi connectivity index (χ0v) is 17.2. The van der Waals surface area contributed by atoms with E-state index in [9.17, 15) is 9.59 Å². The van der Waals surface area contributed by atoms with Crippen LogP contribution in [-0.2, 0) is 16.1 Å². The number of nitrogens with one attached hydrogen (secondary N) is 1. The fraction of sp³-hybridized carbons (Fsp3) is 0.636. The van der Waals surface area contributed by atoms with Crippen LogP contribution in [0.3, 0.4) is 0 Å². The number of ether oxygens (including phenoxy) is 2. The molecule has 2 aliphatic heterocycles. The zero-order valence-electron chi connectivity index (χ0n) is 17.2. The summed E-state index contributed by atoms with van der Waals surface area (Å²) < 4.78 is 11.2. The average molecular weight is 402 g/mol. The van der Waals surface area contributed by atoms with Crippen molar-refractivity contribution in [3.05, 3.63) is 23.8 Å². The van der Waals surface area contributed by atoms with E-state index in [2.05, 4.69) is 10.2 Å². The van der Waals surface area contributed by atoms with E-state index in [0.717, 1.165) is 55.8 Å². The van der Waals surface area contributed by atoms with Crippen LogP contribution in [0.25, 0.3) is 0 Å². The predicted molar refractivity (Wildman–Crippen MR) is 109 cm³/mol. The van der Waals surface area contributed by atoms with Gasteiger partial charge in [0, 0.05) is 38.1 Å². The SMILES string of the molecule is CCN(Cc1ccc2c(c1)OCCO2)C(=O)CN1CCC(NC(=O)C2CC2)CC1. The molecule has 2 amide bonds. The van der Waals surface area contributed by atoms with Crippen LogP contribution in [0.4, 0.5) is 0 Å². The van der Waals surface area contributed by atoms with E-state index < -0.39 is 0 Å². The molecule has 1 N–H and O–H groups in total. The van der Waals surface area contributed by atoms with Gasteiger partial charge in [-0.1, -0.05) is 6.07 Å². The van der Waals surface area contributed by atoms with Crippen molar-refractivity contribution in [3.8, 4) is 11.5 Å². The van der Waals surface area contributed by atoms with Crippen molar-refractivity contribution in [2.75, 3.05) is 39.4 Å². The summed E-state index contributed by atoms with van der Waals surface area (Å²) in [6.07, 6.45) is 3.91. The number of carbonyl (C=O) groups is 2. The third-order valence-electron chi connectivity index (χ3n) is 5.96. The molecule has 158 valence electrons. The number of likely N-dealkylation sites (tertiary alicyclic amines) is 1. The number of piperidine rings is 1. The number of fused-ring (bicyclic) bond motifs is 1. The Morgan fingerprint density at radius 2 is 1.83 bits per heavy atom. The van der Waals surface area contributed by atoms with Crippen molar-refractivity contribution in [1.29, 1.82) is 0 Å². The molecule has 1 aliphatic carbocycles. The van der Waals surface area contributed by atoms with Gasteiger partial charge >= 0.3 is 0 Å². The van der Waals surface area contributed by atoms with Gasteiger partial charge in [0.1, 0.15) is 13.2 Å². The summed E-state index contributed by atoms with van der Waals surface area (Å²) in [7, 11) is 0. The molecule has 2 fully saturated rings. The lowest BCUT2D eigenvalue weighted by molar-refractivity contribution is -0.133.